The number of para-hydroxylation sites is 1. The van der Waals surface area contributed by atoms with Gasteiger partial charge in [0.25, 0.3) is 21.0 Å². The Morgan fingerprint density at radius 3 is 2.26 bits per heavy atom. The molecule has 0 saturated heterocycles. The Labute approximate surface area is 275 Å². The van der Waals surface area contributed by atoms with Crippen molar-refractivity contribution in [3.63, 3.8) is 0 Å². The van der Waals surface area contributed by atoms with Gasteiger partial charge in [0, 0.05) is 24.5 Å². The number of hydrogen-bond donors (Lipinski definition) is 1. The molecule has 3 heterocycles. The fraction of sp³-hybridized carbons (Fsp3) is 0.222. The Kier molecular flexibility index (Phi) is 10.2. The summed E-state index contributed by atoms with van der Waals surface area (Å²) in [6.07, 6.45) is -3.66. The number of nitrogens with one attached hydrogen (secondary N) is 1. The van der Waals surface area contributed by atoms with Crippen LogP contribution in [0.25, 0.3) is 17.0 Å². The molecule has 0 amide bonds. The number of rotatable bonds is 6. The number of hydrogen-bond acceptors (Lipinski definition) is 8. The number of sulfonamides is 1. The van der Waals surface area contributed by atoms with E-state index in [1.807, 2.05) is 0 Å². The maximum atomic E-state index is 14.3. The van der Waals surface area contributed by atoms with Gasteiger partial charge in [-0.15, -0.1) is 5.10 Å². The van der Waals surface area contributed by atoms with Crippen LogP contribution in [0.5, 0.6) is 0 Å². The largest absolute Gasteiger partial charge is 0.459 e. The van der Waals surface area contributed by atoms with Crippen LogP contribution in [0.1, 0.15) is 35.6 Å². The number of esters is 1. The average Bonchev–Trinajstić information content (AvgIpc) is 3.51. The normalized spacial score (nSPS) is 11.9. The van der Waals surface area contributed by atoms with Gasteiger partial charge >= 0.3 is 12.1 Å². The number of nitrogens with zero attached hydrogens (tertiary/aromatic N) is 6. The Morgan fingerprint density at radius 1 is 1.04 bits per heavy atom. The number of halogens is 8. The highest BCUT2D eigenvalue weighted by Crippen LogP contribution is 2.41. The molecule has 2 aromatic carbocycles. The lowest BCUT2D eigenvalue weighted by Crippen LogP contribution is -2.16. The Hall–Kier alpha value is -4.23. The molecule has 0 aliphatic carbocycles. The van der Waals surface area contributed by atoms with Crippen molar-refractivity contribution >= 4 is 55.0 Å². The van der Waals surface area contributed by atoms with Crippen LogP contribution in [0.4, 0.5) is 32.0 Å². The number of carbonyl (C=O) groups is 1. The summed E-state index contributed by atoms with van der Waals surface area (Å²) < 4.78 is 113. The molecular weight excluding hydrogens is 748 g/mol. The number of ether oxygens (including phenoxy) is 1. The summed E-state index contributed by atoms with van der Waals surface area (Å²) in [5.41, 5.74) is -2.02. The van der Waals surface area contributed by atoms with Gasteiger partial charge in [0.05, 0.1) is 21.2 Å². The van der Waals surface area contributed by atoms with Crippen molar-refractivity contribution in [2.75, 3.05) is 4.72 Å². The monoisotopic (exact) mass is 767 g/mol. The van der Waals surface area contributed by atoms with Gasteiger partial charge in [0.1, 0.15) is 28.8 Å². The second-order valence-corrected chi connectivity index (χ2v) is 12.6. The highest BCUT2D eigenvalue weighted by Gasteiger charge is 2.39. The first-order valence-corrected chi connectivity index (χ1v) is 15.6. The van der Waals surface area contributed by atoms with Crippen LogP contribution in [-0.4, -0.2) is 49.9 Å². The number of fused-ring (bicyclic) bond motifs is 1. The molecule has 20 heteroatoms. The molecule has 0 aliphatic heterocycles. The predicted octanol–water partition coefficient (Wildman–Crippen LogP) is 6.74. The van der Waals surface area contributed by atoms with E-state index in [4.69, 9.17) is 16.3 Å². The molecule has 5 aromatic rings. The van der Waals surface area contributed by atoms with Crippen molar-refractivity contribution in [1.29, 1.82) is 0 Å². The molecule has 3 aromatic heterocycles. The van der Waals surface area contributed by atoms with Crippen molar-refractivity contribution in [1.82, 2.24) is 29.4 Å². The molecule has 0 unspecified atom stereocenters. The molecular formula is C27H21BrClF6N7O4S. The fourth-order valence-corrected chi connectivity index (χ4v) is 5.83. The molecule has 0 saturated carbocycles. The topological polar surface area (TPSA) is 133 Å². The first kappa shape index (κ1) is 35.6. The molecule has 11 nitrogen and oxygen atoms in total. The average molecular weight is 769 g/mol. The molecule has 250 valence electrons. The summed E-state index contributed by atoms with van der Waals surface area (Å²) in [5, 5.41) is 6.60. The molecule has 0 spiro atoms. The van der Waals surface area contributed by atoms with Crippen molar-refractivity contribution < 1.29 is 44.3 Å². The molecule has 5 rings (SSSR count). The van der Waals surface area contributed by atoms with Gasteiger partial charge in [-0.2, -0.15) is 31.7 Å². The second kappa shape index (κ2) is 13.5. The third kappa shape index (κ3) is 7.84. The van der Waals surface area contributed by atoms with E-state index in [1.165, 1.54) is 6.20 Å². The van der Waals surface area contributed by atoms with Crippen molar-refractivity contribution in [2.24, 2.45) is 7.05 Å². The number of anilines is 1. The molecule has 0 fully saturated rings. The van der Waals surface area contributed by atoms with Crippen LogP contribution < -0.4 is 4.72 Å². The van der Waals surface area contributed by atoms with E-state index in [9.17, 15) is 39.6 Å². The van der Waals surface area contributed by atoms with E-state index in [2.05, 4.69) is 36.1 Å². The molecule has 0 bridgehead atoms. The number of carbonyl (C=O) groups excluding carboxylic acids is 1. The highest BCUT2D eigenvalue weighted by atomic mass is 79.9. The smallest absolute Gasteiger partial charge is 0.434 e. The summed E-state index contributed by atoms with van der Waals surface area (Å²) in [5.74, 6) is -3.75. The Balaban J connectivity index is 0.000000214. The molecule has 1 N–H and O–H groups in total. The summed E-state index contributed by atoms with van der Waals surface area (Å²) in [6.45, 7) is 4.93. The van der Waals surface area contributed by atoms with Crippen LogP contribution in [0.3, 0.4) is 0 Å². The van der Waals surface area contributed by atoms with Crippen LogP contribution in [0.15, 0.2) is 52.2 Å². The molecule has 0 radical (unpaired) electrons. The van der Waals surface area contributed by atoms with E-state index in [0.717, 1.165) is 41.9 Å². The summed E-state index contributed by atoms with van der Waals surface area (Å²) >= 11 is 8.67. The van der Waals surface area contributed by atoms with E-state index < -0.39 is 66.7 Å². The number of aromatic nitrogens is 6. The third-order valence-electron chi connectivity index (χ3n) is 5.90. The lowest BCUT2D eigenvalue weighted by Gasteiger charge is -2.11. The van der Waals surface area contributed by atoms with Gasteiger partial charge < -0.3 is 4.74 Å². The lowest BCUT2D eigenvalue weighted by molar-refractivity contribution is -0.144. The van der Waals surface area contributed by atoms with E-state index in [0.29, 0.717) is 10.4 Å². The zero-order valence-corrected chi connectivity index (χ0v) is 27.5. The maximum absolute atomic E-state index is 14.3. The minimum Gasteiger partial charge on any atom is -0.459 e. The van der Waals surface area contributed by atoms with Gasteiger partial charge in [0.15, 0.2) is 5.69 Å². The number of benzene rings is 2. The SMILES string of the molecule is CC(C)OC(=O)c1cc(-c2nn(C)c(C(F)(F)F)c2Br)c(F)cc1Cl.Cc1ccn2nc(S(=O)(=O)Nc3c(F)cccc3F)nc2n1. The van der Waals surface area contributed by atoms with Gasteiger partial charge in [0.2, 0.25) is 0 Å². The molecule has 47 heavy (non-hydrogen) atoms. The number of aryl methyl sites for hydroxylation is 2. The molecule has 0 aliphatic rings. The summed E-state index contributed by atoms with van der Waals surface area (Å²) in [4.78, 5) is 19.8. The second-order valence-electron chi connectivity index (χ2n) is 9.81. The Bertz CT molecular complexity index is 2090. The minimum atomic E-state index is -4.69. The van der Waals surface area contributed by atoms with Crippen LogP contribution in [-0.2, 0) is 28.0 Å². The first-order chi connectivity index (χ1) is 21.8. The van der Waals surface area contributed by atoms with Crippen molar-refractivity contribution in [2.45, 2.75) is 38.2 Å². The summed E-state index contributed by atoms with van der Waals surface area (Å²) in [7, 11) is -3.26. The fourth-order valence-electron chi connectivity index (χ4n) is 3.88. The van der Waals surface area contributed by atoms with Crippen LogP contribution in [0, 0.1) is 24.4 Å². The maximum Gasteiger partial charge on any atom is 0.434 e. The van der Waals surface area contributed by atoms with Crippen molar-refractivity contribution in [3.05, 3.63) is 86.5 Å². The first-order valence-electron chi connectivity index (χ1n) is 13.0. The summed E-state index contributed by atoms with van der Waals surface area (Å²) in [6, 6.07) is 6.46. The van der Waals surface area contributed by atoms with E-state index in [-0.39, 0.29) is 27.6 Å². The zero-order valence-electron chi connectivity index (χ0n) is 24.4. The highest BCUT2D eigenvalue weighted by molar-refractivity contribution is 9.10. The van der Waals surface area contributed by atoms with Gasteiger partial charge in [-0.3, -0.25) is 9.40 Å². The predicted molar refractivity (Wildman–Crippen MR) is 160 cm³/mol. The van der Waals surface area contributed by atoms with Gasteiger partial charge in [-0.25, -0.2) is 27.5 Å². The van der Waals surface area contributed by atoms with Gasteiger partial charge in [-0.05, 0) is 67.0 Å². The molecule has 0 atom stereocenters. The van der Waals surface area contributed by atoms with E-state index in [1.54, 1.807) is 31.6 Å². The number of alkyl halides is 3. The van der Waals surface area contributed by atoms with E-state index >= 15 is 0 Å². The minimum absolute atomic E-state index is 0.0642. The standard InChI is InChI=1S/C15H12BrClF4N2O2.C12H9F2N5O2S/c1-6(2)25-14(24)7-4-8(10(18)5-9(7)17)12-11(16)13(15(19,20)21)23(3)22-12;1-7-5-6-19-11(15-7)16-12(17-19)22(20,21)18-10-8(13)3-2-4-9(10)14/h4-6H,1-3H3;2-6,18H,1H3. The van der Waals surface area contributed by atoms with Crippen LogP contribution >= 0.6 is 27.5 Å². The third-order valence-corrected chi connectivity index (χ3v) is 8.09. The lowest BCUT2D eigenvalue weighted by atomic mass is 10.1. The van der Waals surface area contributed by atoms with Gasteiger partial charge in [-0.1, -0.05) is 17.7 Å². The Morgan fingerprint density at radius 2 is 1.68 bits per heavy atom. The zero-order chi connectivity index (χ0) is 35.0. The quantitative estimate of drug-likeness (QED) is 0.149. The van der Waals surface area contributed by atoms with Crippen molar-refractivity contribution in [3.8, 4) is 11.3 Å². The van der Waals surface area contributed by atoms with Crippen LogP contribution in [0.2, 0.25) is 5.02 Å².